The van der Waals surface area contributed by atoms with Crippen molar-refractivity contribution in [3.05, 3.63) is 10.4 Å². The van der Waals surface area contributed by atoms with Gasteiger partial charge in [0, 0.05) is 31.7 Å². The van der Waals surface area contributed by atoms with Gasteiger partial charge in [0.15, 0.2) is 5.82 Å². The van der Waals surface area contributed by atoms with Gasteiger partial charge in [-0.1, -0.05) is 20.8 Å². The molecule has 1 aliphatic heterocycles. The summed E-state index contributed by atoms with van der Waals surface area (Å²) in [6.07, 6.45) is 1.34. The summed E-state index contributed by atoms with van der Waals surface area (Å²) in [5.41, 5.74) is -0.0462. The maximum Gasteiger partial charge on any atom is 0.305 e. The summed E-state index contributed by atoms with van der Waals surface area (Å²) in [5, 5.41) is 5.54. The lowest BCUT2D eigenvalue weighted by Crippen LogP contribution is -2.29. The van der Waals surface area contributed by atoms with Gasteiger partial charge in [0.05, 0.1) is 19.9 Å². The van der Waals surface area contributed by atoms with Crippen molar-refractivity contribution in [3.63, 3.8) is 0 Å². The second kappa shape index (κ2) is 11.2. The lowest BCUT2D eigenvalue weighted by molar-refractivity contribution is -0.148. The zero-order chi connectivity index (χ0) is 22.1. The minimum atomic E-state index is -0.376. The Morgan fingerprint density at radius 2 is 1.73 bits per heavy atom. The first kappa shape index (κ1) is 23.2. The van der Waals surface area contributed by atoms with Gasteiger partial charge >= 0.3 is 11.9 Å². The van der Waals surface area contributed by atoms with Crippen molar-refractivity contribution in [2.45, 2.75) is 46.5 Å². The summed E-state index contributed by atoms with van der Waals surface area (Å²) in [6.45, 7) is 6.24. The monoisotopic (exact) mass is 423 g/mol. The SMILES string of the molecule is CCC(=O)Nc1nc2c(c(=O)[nH]1)NCN2CCC(COC(=O)CC)COC(=O)CC. The molecule has 0 spiro atoms. The third-order valence-electron chi connectivity index (χ3n) is 4.57. The molecule has 1 aliphatic rings. The highest BCUT2D eigenvalue weighted by Gasteiger charge is 2.25. The van der Waals surface area contributed by atoms with Crippen molar-refractivity contribution < 1.29 is 23.9 Å². The molecule has 0 radical (unpaired) electrons. The fraction of sp³-hybridized carbons (Fsp3) is 0.632. The molecule has 30 heavy (non-hydrogen) atoms. The van der Waals surface area contributed by atoms with Crippen molar-refractivity contribution in [2.75, 3.05) is 42.0 Å². The molecule has 11 heteroatoms. The highest BCUT2D eigenvalue weighted by molar-refractivity contribution is 5.89. The molecule has 0 atom stereocenters. The van der Waals surface area contributed by atoms with Crippen LogP contribution >= 0.6 is 0 Å². The zero-order valence-corrected chi connectivity index (χ0v) is 17.6. The van der Waals surface area contributed by atoms with E-state index in [1.165, 1.54) is 0 Å². The van der Waals surface area contributed by atoms with E-state index in [9.17, 15) is 19.2 Å². The maximum atomic E-state index is 12.3. The van der Waals surface area contributed by atoms with Crippen LogP contribution in [0.3, 0.4) is 0 Å². The average Bonchev–Trinajstić information content (AvgIpc) is 3.15. The predicted octanol–water partition coefficient (Wildman–Crippen LogP) is 1.22. The first-order valence-corrected chi connectivity index (χ1v) is 10.1. The number of nitrogens with one attached hydrogen (secondary N) is 3. The molecule has 3 N–H and O–H groups in total. The number of ether oxygens (including phenoxy) is 2. The van der Waals surface area contributed by atoms with Gasteiger partial charge in [-0.25, -0.2) is 0 Å². The van der Waals surface area contributed by atoms with Crippen LogP contribution in [-0.4, -0.2) is 54.2 Å². The minimum Gasteiger partial charge on any atom is -0.465 e. The van der Waals surface area contributed by atoms with Crippen LogP contribution in [0.4, 0.5) is 17.5 Å². The predicted molar refractivity (Wildman–Crippen MR) is 110 cm³/mol. The summed E-state index contributed by atoms with van der Waals surface area (Å²) >= 11 is 0. The van der Waals surface area contributed by atoms with E-state index in [1.54, 1.807) is 20.8 Å². The van der Waals surface area contributed by atoms with E-state index in [0.717, 1.165) is 0 Å². The van der Waals surface area contributed by atoms with Crippen LogP contribution in [0.1, 0.15) is 46.5 Å². The van der Waals surface area contributed by atoms with E-state index in [4.69, 9.17) is 9.47 Å². The number of H-pyrrole nitrogens is 1. The Labute approximate surface area is 174 Å². The van der Waals surface area contributed by atoms with Crippen LogP contribution in [0.2, 0.25) is 0 Å². The zero-order valence-electron chi connectivity index (χ0n) is 17.6. The summed E-state index contributed by atoms with van der Waals surface area (Å²) in [4.78, 5) is 55.6. The molecule has 1 aromatic rings. The average molecular weight is 423 g/mol. The quantitative estimate of drug-likeness (QED) is 0.448. The number of hydrogen-bond donors (Lipinski definition) is 3. The second-order valence-electron chi connectivity index (χ2n) is 6.84. The van der Waals surface area contributed by atoms with E-state index in [1.807, 2.05) is 4.90 Å². The van der Waals surface area contributed by atoms with Crippen molar-refractivity contribution in [2.24, 2.45) is 5.92 Å². The van der Waals surface area contributed by atoms with E-state index in [2.05, 4.69) is 20.6 Å². The fourth-order valence-corrected chi connectivity index (χ4v) is 2.74. The van der Waals surface area contributed by atoms with E-state index >= 15 is 0 Å². The number of fused-ring (bicyclic) bond motifs is 1. The number of carbonyl (C=O) groups excluding carboxylic acids is 3. The molecular weight excluding hydrogens is 394 g/mol. The molecule has 11 nitrogen and oxygen atoms in total. The Bertz CT molecular complexity index is 804. The number of carbonyl (C=O) groups is 3. The number of esters is 2. The van der Waals surface area contributed by atoms with Crippen molar-refractivity contribution in [3.8, 4) is 0 Å². The van der Waals surface area contributed by atoms with Crippen molar-refractivity contribution >= 4 is 35.3 Å². The lowest BCUT2D eigenvalue weighted by atomic mass is 10.1. The molecule has 166 valence electrons. The third kappa shape index (κ3) is 6.46. The van der Waals surface area contributed by atoms with Crippen molar-refractivity contribution in [1.29, 1.82) is 0 Å². The number of nitrogens with zero attached hydrogens (tertiary/aromatic N) is 2. The minimum absolute atomic E-state index is 0.0876. The molecule has 0 aliphatic carbocycles. The number of anilines is 3. The number of amides is 1. The van der Waals surface area contributed by atoms with Gasteiger partial charge in [-0.15, -0.1) is 0 Å². The molecule has 0 fully saturated rings. The Balaban J connectivity index is 2.05. The van der Waals surface area contributed by atoms with Gasteiger partial charge in [-0.2, -0.15) is 4.98 Å². The number of aromatic nitrogens is 2. The fourth-order valence-electron chi connectivity index (χ4n) is 2.74. The molecular formula is C19H29N5O6. The summed E-state index contributed by atoms with van der Waals surface area (Å²) in [7, 11) is 0. The van der Waals surface area contributed by atoms with Crippen LogP contribution in [0, 0.1) is 5.92 Å². The highest BCUT2D eigenvalue weighted by atomic mass is 16.5. The van der Waals surface area contributed by atoms with Crippen LogP contribution in [0.25, 0.3) is 0 Å². The normalized spacial score (nSPS) is 12.3. The molecule has 0 unspecified atom stereocenters. The number of hydrogen-bond acceptors (Lipinski definition) is 9. The van der Waals surface area contributed by atoms with Crippen LogP contribution < -0.4 is 21.1 Å². The van der Waals surface area contributed by atoms with E-state index in [-0.39, 0.29) is 67.7 Å². The molecule has 0 saturated heterocycles. The molecule has 2 heterocycles. The van der Waals surface area contributed by atoms with Crippen molar-refractivity contribution in [1.82, 2.24) is 9.97 Å². The second-order valence-corrected chi connectivity index (χ2v) is 6.84. The Morgan fingerprint density at radius 3 is 2.30 bits per heavy atom. The van der Waals surface area contributed by atoms with Gasteiger partial charge < -0.3 is 19.7 Å². The highest BCUT2D eigenvalue weighted by Crippen LogP contribution is 2.26. The number of aromatic amines is 1. The first-order chi connectivity index (χ1) is 14.4. The molecule has 2 rings (SSSR count). The standard InChI is InChI=1S/C19H29N5O6/c1-4-13(25)21-19-22-17-16(18(28)23-19)20-11-24(17)8-7-12(9-29-14(26)5-2)10-30-15(27)6-3/h12,20H,4-11H2,1-3H3,(H2,21,22,23,25,28). The first-order valence-electron chi connectivity index (χ1n) is 10.1. The molecule has 0 bridgehead atoms. The molecule has 0 saturated carbocycles. The maximum absolute atomic E-state index is 12.3. The molecule has 1 amide bonds. The lowest BCUT2D eigenvalue weighted by Gasteiger charge is -2.22. The van der Waals surface area contributed by atoms with E-state index < -0.39 is 0 Å². The summed E-state index contributed by atoms with van der Waals surface area (Å²) in [5.74, 6) is -0.573. The largest absolute Gasteiger partial charge is 0.465 e. The van der Waals surface area contributed by atoms with Gasteiger partial charge in [0.1, 0.15) is 5.69 Å². The molecule has 1 aromatic heterocycles. The van der Waals surface area contributed by atoms with Gasteiger partial charge in [-0.3, -0.25) is 29.5 Å². The van der Waals surface area contributed by atoms with Gasteiger partial charge in [-0.05, 0) is 6.42 Å². The van der Waals surface area contributed by atoms with Gasteiger partial charge in [0.25, 0.3) is 5.56 Å². The number of rotatable bonds is 11. The Kier molecular flexibility index (Phi) is 8.63. The van der Waals surface area contributed by atoms with Gasteiger partial charge in [0.2, 0.25) is 11.9 Å². The molecule has 0 aromatic carbocycles. The topological polar surface area (TPSA) is 143 Å². The van der Waals surface area contributed by atoms with Crippen LogP contribution in [0.15, 0.2) is 4.79 Å². The Morgan fingerprint density at radius 1 is 1.10 bits per heavy atom. The van der Waals surface area contributed by atoms with E-state index in [0.29, 0.717) is 31.1 Å². The smallest absolute Gasteiger partial charge is 0.305 e. The van der Waals surface area contributed by atoms with Crippen LogP contribution in [0.5, 0.6) is 0 Å². The summed E-state index contributed by atoms with van der Waals surface area (Å²) in [6, 6.07) is 0. The van der Waals surface area contributed by atoms with Crippen LogP contribution in [-0.2, 0) is 23.9 Å². The summed E-state index contributed by atoms with van der Waals surface area (Å²) < 4.78 is 10.4. The third-order valence-corrected chi connectivity index (χ3v) is 4.57. The Hall–Kier alpha value is -3.11.